The lowest BCUT2D eigenvalue weighted by Gasteiger charge is -2.28. The standard InChI is InChI=1S/C15H27N3/c1-5-6-7-8-18(12(2)3)15-10-14(11-16)9-13(4)17-15/h9-10,12H,5-8,11,16H2,1-4H3. The molecule has 3 heteroatoms. The minimum Gasteiger partial charge on any atom is -0.354 e. The maximum absolute atomic E-state index is 5.74. The zero-order valence-corrected chi connectivity index (χ0v) is 12.2. The molecular weight excluding hydrogens is 222 g/mol. The first-order chi connectivity index (χ1) is 8.58. The van der Waals surface area contributed by atoms with E-state index in [1.54, 1.807) is 0 Å². The second kappa shape index (κ2) is 7.37. The number of hydrogen-bond acceptors (Lipinski definition) is 3. The van der Waals surface area contributed by atoms with Crippen LogP contribution in [0, 0.1) is 6.92 Å². The molecule has 0 bridgehead atoms. The molecule has 3 nitrogen and oxygen atoms in total. The summed E-state index contributed by atoms with van der Waals surface area (Å²) in [7, 11) is 0. The van der Waals surface area contributed by atoms with Gasteiger partial charge in [-0.15, -0.1) is 0 Å². The lowest BCUT2D eigenvalue weighted by Crippen LogP contribution is -2.32. The minimum atomic E-state index is 0.474. The van der Waals surface area contributed by atoms with Crippen LogP contribution >= 0.6 is 0 Å². The predicted octanol–water partition coefficient (Wildman–Crippen LogP) is 3.25. The Balaban J connectivity index is 2.87. The molecule has 1 rings (SSSR count). The van der Waals surface area contributed by atoms with Gasteiger partial charge in [-0.25, -0.2) is 4.98 Å². The average Bonchev–Trinajstić information content (AvgIpc) is 2.33. The molecular formula is C15H27N3. The zero-order valence-electron chi connectivity index (χ0n) is 12.2. The quantitative estimate of drug-likeness (QED) is 0.754. The highest BCUT2D eigenvalue weighted by Gasteiger charge is 2.12. The van der Waals surface area contributed by atoms with E-state index in [-0.39, 0.29) is 0 Å². The zero-order chi connectivity index (χ0) is 13.5. The Hall–Kier alpha value is -1.09. The van der Waals surface area contributed by atoms with Gasteiger partial charge in [-0.2, -0.15) is 0 Å². The third-order valence-corrected chi connectivity index (χ3v) is 3.16. The average molecular weight is 249 g/mol. The molecule has 0 aliphatic rings. The van der Waals surface area contributed by atoms with Crippen molar-refractivity contribution in [1.29, 1.82) is 0 Å². The summed E-state index contributed by atoms with van der Waals surface area (Å²) >= 11 is 0. The molecule has 102 valence electrons. The smallest absolute Gasteiger partial charge is 0.129 e. The van der Waals surface area contributed by atoms with E-state index in [1.807, 2.05) is 6.92 Å². The highest BCUT2D eigenvalue weighted by molar-refractivity contribution is 5.43. The maximum Gasteiger partial charge on any atom is 0.129 e. The SMILES string of the molecule is CCCCCN(c1cc(CN)cc(C)n1)C(C)C. The highest BCUT2D eigenvalue weighted by atomic mass is 15.2. The van der Waals surface area contributed by atoms with Crippen molar-refractivity contribution in [2.45, 2.75) is 59.5 Å². The van der Waals surface area contributed by atoms with Gasteiger partial charge in [0.25, 0.3) is 0 Å². The summed E-state index contributed by atoms with van der Waals surface area (Å²) in [5.41, 5.74) is 7.95. The van der Waals surface area contributed by atoms with Crippen molar-refractivity contribution < 1.29 is 0 Å². The molecule has 0 saturated heterocycles. The molecule has 0 aliphatic heterocycles. The topological polar surface area (TPSA) is 42.1 Å². The summed E-state index contributed by atoms with van der Waals surface area (Å²) in [4.78, 5) is 7.03. The molecule has 0 aromatic carbocycles. The molecule has 1 heterocycles. The monoisotopic (exact) mass is 249 g/mol. The number of unbranched alkanes of at least 4 members (excludes halogenated alkanes) is 2. The Labute approximate surface area is 111 Å². The van der Waals surface area contributed by atoms with Gasteiger partial charge in [0.15, 0.2) is 0 Å². The van der Waals surface area contributed by atoms with Crippen molar-refractivity contribution in [3.05, 3.63) is 23.4 Å². The van der Waals surface area contributed by atoms with Crippen molar-refractivity contribution in [2.24, 2.45) is 5.73 Å². The number of nitrogens with zero attached hydrogens (tertiary/aromatic N) is 2. The van der Waals surface area contributed by atoms with Crippen LogP contribution in [0.2, 0.25) is 0 Å². The van der Waals surface area contributed by atoms with Crippen LogP contribution in [0.4, 0.5) is 5.82 Å². The number of rotatable bonds is 7. The molecule has 1 aromatic heterocycles. The summed E-state index contributed by atoms with van der Waals surface area (Å²) in [6.45, 7) is 10.4. The van der Waals surface area contributed by atoms with Gasteiger partial charge in [0.2, 0.25) is 0 Å². The first-order valence-corrected chi connectivity index (χ1v) is 7.02. The van der Waals surface area contributed by atoms with Crippen molar-refractivity contribution in [2.75, 3.05) is 11.4 Å². The highest BCUT2D eigenvalue weighted by Crippen LogP contribution is 2.18. The molecule has 0 saturated carbocycles. The van der Waals surface area contributed by atoms with E-state index in [1.165, 1.54) is 24.8 Å². The van der Waals surface area contributed by atoms with Crippen molar-refractivity contribution in [1.82, 2.24) is 4.98 Å². The molecule has 18 heavy (non-hydrogen) atoms. The van der Waals surface area contributed by atoms with Gasteiger partial charge in [0, 0.05) is 24.8 Å². The van der Waals surface area contributed by atoms with Crippen LogP contribution in [0.15, 0.2) is 12.1 Å². The van der Waals surface area contributed by atoms with E-state index >= 15 is 0 Å². The van der Waals surface area contributed by atoms with Crippen LogP contribution in [0.5, 0.6) is 0 Å². The lowest BCUT2D eigenvalue weighted by atomic mass is 10.2. The number of hydrogen-bond donors (Lipinski definition) is 1. The second-order valence-electron chi connectivity index (χ2n) is 5.17. The summed E-state index contributed by atoms with van der Waals surface area (Å²) in [6.07, 6.45) is 3.75. The molecule has 0 fully saturated rings. The van der Waals surface area contributed by atoms with Crippen LogP contribution in [0.1, 0.15) is 51.3 Å². The Morgan fingerprint density at radius 2 is 2.00 bits per heavy atom. The number of aryl methyl sites for hydroxylation is 1. The molecule has 0 unspecified atom stereocenters. The van der Waals surface area contributed by atoms with Crippen molar-refractivity contribution in [3.8, 4) is 0 Å². The van der Waals surface area contributed by atoms with Gasteiger partial charge in [-0.3, -0.25) is 0 Å². The van der Waals surface area contributed by atoms with Gasteiger partial charge in [0.1, 0.15) is 5.82 Å². The van der Waals surface area contributed by atoms with Gasteiger partial charge < -0.3 is 10.6 Å². The van der Waals surface area contributed by atoms with Crippen molar-refractivity contribution >= 4 is 5.82 Å². The molecule has 0 radical (unpaired) electrons. The molecule has 0 amide bonds. The van der Waals surface area contributed by atoms with Crippen LogP contribution in [-0.4, -0.2) is 17.6 Å². The van der Waals surface area contributed by atoms with E-state index in [0.717, 1.165) is 18.1 Å². The van der Waals surface area contributed by atoms with E-state index in [4.69, 9.17) is 5.73 Å². The fraction of sp³-hybridized carbons (Fsp3) is 0.667. The third-order valence-electron chi connectivity index (χ3n) is 3.16. The fourth-order valence-corrected chi connectivity index (χ4v) is 2.16. The van der Waals surface area contributed by atoms with Crippen LogP contribution in [0.3, 0.4) is 0 Å². The van der Waals surface area contributed by atoms with Crippen LogP contribution in [0.25, 0.3) is 0 Å². The Bertz CT molecular complexity index is 361. The molecule has 0 spiro atoms. The number of pyridine rings is 1. The predicted molar refractivity (Wildman–Crippen MR) is 78.9 cm³/mol. The van der Waals surface area contributed by atoms with Crippen LogP contribution in [-0.2, 0) is 6.54 Å². The Morgan fingerprint density at radius 3 is 2.56 bits per heavy atom. The summed E-state index contributed by atoms with van der Waals surface area (Å²) in [5.74, 6) is 1.07. The molecule has 1 aromatic rings. The van der Waals surface area contributed by atoms with Gasteiger partial charge in [-0.1, -0.05) is 19.8 Å². The third kappa shape index (κ3) is 4.30. The lowest BCUT2D eigenvalue weighted by molar-refractivity contribution is 0.619. The summed E-state index contributed by atoms with van der Waals surface area (Å²) in [6, 6.07) is 4.66. The van der Waals surface area contributed by atoms with Crippen LogP contribution < -0.4 is 10.6 Å². The fourth-order valence-electron chi connectivity index (χ4n) is 2.16. The second-order valence-corrected chi connectivity index (χ2v) is 5.17. The van der Waals surface area contributed by atoms with Gasteiger partial charge >= 0.3 is 0 Å². The summed E-state index contributed by atoms with van der Waals surface area (Å²) < 4.78 is 0. The van der Waals surface area contributed by atoms with Crippen molar-refractivity contribution in [3.63, 3.8) is 0 Å². The molecule has 0 aliphatic carbocycles. The summed E-state index contributed by atoms with van der Waals surface area (Å²) in [5, 5.41) is 0. The van der Waals surface area contributed by atoms with E-state index < -0.39 is 0 Å². The van der Waals surface area contributed by atoms with E-state index in [2.05, 4.69) is 42.8 Å². The maximum atomic E-state index is 5.74. The first kappa shape index (κ1) is 15.0. The normalized spacial score (nSPS) is 11.0. The Morgan fingerprint density at radius 1 is 1.28 bits per heavy atom. The number of aromatic nitrogens is 1. The number of nitrogens with two attached hydrogens (primary N) is 1. The molecule has 2 N–H and O–H groups in total. The largest absolute Gasteiger partial charge is 0.354 e. The minimum absolute atomic E-state index is 0.474. The molecule has 0 atom stereocenters. The van der Waals surface area contributed by atoms with Gasteiger partial charge in [-0.05, 0) is 44.9 Å². The number of anilines is 1. The van der Waals surface area contributed by atoms with E-state index in [0.29, 0.717) is 12.6 Å². The first-order valence-electron chi connectivity index (χ1n) is 7.02. The Kier molecular flexibility index (Phi) is 6.13. The van der Waals surface area contributed by atoms with E-state index in [9.17, 15) is 0 Å². The van der Waals surface area contributed by atoms with Gasteiger partial charge in [0.05, 0.1) is 0 Å².